The molecule has 3 aromatic carbocycles. The minimum absolute atomic E-state index is 0.0102. The number of hydrogen-bond donors (Lipinski definition) is 1. The van der Waals surface area contributed by atoms with Crippen molar-refractivity contribution < 1.29 is 14.3 Å². The van der Waals surface area contributed by atoms with E-state index in [4.69, 9.17) is 9.15 Å². The van der Waals surface area contributed by atoms with Crippen LogP contribution in [0.15, 0.2) is 85.5 Å². The second-order valence-corrected chi connectivity index (χ2v) is 7.86. The van der Waals surface area contributed by atoms with Crippen molar-refractivity contribution in [3.05, 3.63) is 87.1 Å². The van der Waals surface area contributed by atoms with E-state index < -0.39 is 0 Å². The molecule has 0 aliphatic rings. The van der Waals surface area contributed by atoms with Crippen LogP contribution in [-0.2, 0) is 0 Å². The van der Waals surface area contributed by atoms with Crippen molar-refractivity contribution in [1.82, 2.24) is 9.66 Å². The van der Waals surface area contributed by atoms with Crippen LogP contribution < -0.4 is 10.3 Å². The highest BCUT2D eigenvalue weighted by Gasteiger charge is 2.16. The first kappa shape index (κ1) is 20.0. The lowest BCUT2D eigenvalue weighted by Gasteiger charge is -2.08. The van der Waals surface area contributed by atoms with Crippen LogP contribution in [0, 0.1) is 0 Å². The summed E-state index contributed by atoms with van der Waals surface area (Å²) >= 11 is 3.40. The van der Waals surface area contributed by atoms with Gasteiger partial charge in [0, 0.05) is 15.4 Å². The first-order chi connectivity index (χ1) is 15.5. The highest BCUT2D eigenvalue weighted by Crippen LogP contribution is 2.32. The molecule has 0 saturated heterocycles. The highest BCUT2D eigenvalue weighted by molar-refractivity contribution is 9.10. The first-order valence-corrected chi connectivity index (χ1v) is 10.5. The molecule has 158 valence electrons. The molecule has 2 aromatic heterocycles. The monoisotopic (exact) mass is 489 g/mol. The predicted molar refractivity (Wildman–Crippen MR) is 127 cm³/mol. The Morgan fingerprint density at radius 2 is 1.91 bits per heavy atom. The maximum Gasteiger partial charge on any atom is 0.282 e. The van der Waals surface area contributed by atoms with Gasteiger partial charge in [-0.2, -0.15) is 9.78 Å². The molecule has 0 saturated carbocycles. The van der Waals surface area contributed by atoms with Crippen LogP contribution >= 0.6 is 15.9 Å². The number of fused-ring (bicyclic) bond motifs is 2. The maximum absolute atomic E-state index is 13.3. The minimum atomic E-state index is -0.329. The molecule has 7 nitrogen and oxygen atoms in total. The molecule has 1 N–H and O–H groups in total. The molecule has 0 atom stereocenters. The molecule has 0 spiro atoms. The van der Waals surface area contributed by atoms with Crippen LogP contribution in [0.25, 0.3) is 33.5 Å². The number of furan rings is 1. The van der Waals surface area contributed by atoms with Gasteiger partial charge in [-0.25, -0.2) is 4.98 Å². The summed E-state index contributed by atoms with van der Waals surface area (Å²) in [6.07, 6.45) is 1.50. The number of ether oxygens (including phenoxy) is 1. The molecule has 32 heavy (non-hydrogen) atoms. The van der Waals surface area contributed by atoms with E-state index in [0.29, 0.717) is 32.3 Å². The Labute approximate surface area is 190 Å². The van der Waals surface area contributed by atoms with Crippen molar-refractivity contribution in [2.75, 3.05) is 7.11 Å². The highest BCUT2D eigenvalue weighted by atomic mass is 79.9. The second kappa shape index (κ2) is 7.97. The molecule has 5 rings (SSSR count). The summed E-state index contributed by atoms with van der Waals surface area (Å²) in [6, 6.07) is 19.6. The molecule has 0 aliphatic heterocycles. The van der Waals surface area contributed by atoms with E-state index in [9.17, 15) is 9.90 Å². The number of aromatic nitrogens is 2. The fourth-order valence-corrected chi connectivity index (χ4v) is 3.86. The number of hydrogen-bond acceptors (Lipinski definition) is 6. The first-order valence-electron chi connectivity index (χ1n) is 9.67. The van der Waals surface area contributed by atoms with E-state index in [2.05, 4.69) is 26.0 Å². The normalized spacial score (nSPS) is 11.6. The molecule has 2 heterocycles. The van der Waals surface area contributed by atoms with Gasteiger partial charge in [0.15, 0.2) is 17.3 Å². The molecule has 0 amide bonds. The number of aromatic hydroxyl groups is 1. The summed E-state index contributed by atoms with van der Waals surface area (Å²) in [5, 5.41) is 15.7. The quantitative estimate of drug-likeness (QED) is 0.351. The number of benzene rings is 3. The Bertz CT molecular complexity index is 1540. The molecule has 0 radical (unpaired) electrons. The Balaban J connectivity index is 1.73. The SMILES string of the molecule is COc1cc(C=Nn2c(-c3cc4ccccc4o3)nc3ccccc3c2=O)c(Br)cc1O. The van der Waals surface area contributed by atoms with E-state index in [0.717, 1.165) is 5.39 Å². The van der Waals surface area contributed by atoms with Gasteiger partial charge < -0.3 is 14.3 Å². The summed E-state index contributed by atoms with van der Waals surface area (Å²) < 4.78 is 12.9. The summed E-state index contributed by atoms with van der Waals surface area (Å²) in [7, 11) is 1.46. The Morgan fingerprint density at radius 1 is 1.12 bits per heavy atom. The van der Waals surface area contributed by atoms with Gasteiger partial charge in [0.2, 0.25) is 5.82 Å². The summed E-state index contributed by atoms with van der Waals surface area (Å²) in [6.45, 7) is 0. The molecule has 0 aliphatic carbocycles. The fourth-order valence-electron chi connectivity index (χ4n) is 3.42. The van der Waals surface area contributed by atoms with Gasteiger partial charge in [-0.3, -0.25) is 4.79 Å². The Hall–Kier alpha value is -3.91. The molecule has 5 aromatic rings. The van der Waals surface area contributed by atoms with Crippen molar-refractivity contribution >= 4 is 44.0 Å². The molecular weight excluding hydrogens is 474 g/mol. The van der Waals surface area contributed by atoms with Crippen molar-refractivity contribution in [3.8, 4) is 23.1 Å². The van der Waals surface area contributed by atoms with E-state index in [1.165, 1.54) is 24.1 Å². The van der Waals surface area contributed by atoms with Gasteiger partial charge >= 0.3 is 0 Å². The van der Waals surface area contributed by atoms with Crippen molar-refractivity contribution in [2.24, 2.45) is 5.10 Å². The van der Waals surface area contributed by atoms with Crippen LogP contribution in [0.5, 0.6) is 11.5 Å². The Morgan fingerprint density at radius 3 is 2.72 bits per heavy atom. The van der Waals surface area contributed by atoms with Gasteiger partial charge in [0.1, 0.15) is 5.58 Å². The summed E-state index contributed by atoms with van der Waals surface area (Å²) in [5.41, 5.74) is 1.51. The average molecular weight is 490 g/mol. The Kier molecular flexibility index (Phi) is 4.99. The van der Waals surface area contributed by atoms with Crippen LogP contribution in [0.2, 0.25) is 0 Å². The zero-order valence-corrected chi connectivity index (χ0v) is 18.4. The van der Waals surface area contributed by atoms with Gasteiger partial charge in [0.05, 0.1) is 24.2 Å². The lowest BCUT2D eigenvalue weighted by Crippen LogP contribution is -2.20. The van der Waals surface area contributed by atoms with E-state index in [1.807, 2.05) is 36.4 Å². The fraction of sp³-hybridized carbons (Fsp3) is 0.0417. The van der Waals surface area contributed by atoms with Crippen LogP contribution in [-0.4, -0.2) is 28.1 Å². The number of para-hydroxylation sites is 2. The predicted octanol–water partition coefficient (Wildman–Crippen LogP) is 5.17. The molecular formula is C24H16BrN3O4. The maximum atomic E-state index is 13.3. The van der Waals surface area contributed by atoms with E-state index in [-0.39, 0.29) is 22.9 Å². The lowest BCUT2D eigenvalue weighted by atomic mass is 10.2. The number of nitrogens with zero attached hydrogens (tertiary/aromatic N) is 3. The number of phenols is 1. The van der Waals surface area contributed by atoms with E-state index >= 15 is 0 Å². The van der Waals surface area contributed by atoms with Gasteiger partial charge in [-0.05, 0) is 52.3 Å². The van der Waals surface area contributed by atoms with Crippen molar-refractivity contribution in [1.29, 1.82) is 0 Å². The topological polar surface area (TPSA) is 89.9 Å². The zero-order valence-electron chi connectivity index (χ0n) is 16.8. The lowest BCUT2D eigenvalue weighted by molar-refractivity contribution is 0.373. The molecule has 0 fully saturated rings. The zero-order chi connectivity index (χ0) is 22.2. The summed E-state index contributed by atoms with van der Waals surface area (Å²) in [4.78, 5) is 18.0. The third kappa shape index (κ3) is 3.44. The van der Waals surface area contributed by atoms with Gasteiger partial charge in [0.25, 0.3) is 5.56 Å². The number of phenolic OH excluding ortho intramolecular Hbond substituents is 1. The van der Waals surface area contributed by atoms with E-state index in [1.54, 1.807) is 24.3 Å². The van der Waals surface area contributed by atoms with Gasteiger partial charge in [-0.15, -0.1) is 0 Å². The number of methoxy groups -OCH3 is 1. The van der Waals surface area contributed by atoms with Crippen LogP contribution in [0.4, 0.5) is 0 Å². The molecule has 8 heteroatoms. The smallest absolute Gasteiger partial charge is 0.282 e. The summed E-state index contributed by atoms with van der Waals surface area (Å²) in [5.74, 6) is 0.983. The standard InChI is InChI=1S/C24H16BrN3O4/c1-31-21-11-15(17(25)12-19(21)29)13-26-28-23(22-10-14-6-2-5-9-20(14)32-22)27-18-8-4-3-7-16(18)24(28)30/h2-13,29H,1H3. The molecule has 0 bridgehead atoms. The van der Waals surface area contributed by atoms with Crippen LogP contribution in [0.1, 0.15) is 5.56 Å². The van der Waals surface area contributed by atoms with Gasteiger partial charge in [-0.1, -0.05) is 30.3 Å². The largest absolute Gasteiger partial charge is 0.504 e. The molecule has 0 unspecified atom stereocenters. The van der Waals surface area contributed by atoms with Crippen molar-refractivity contribution in [2.45, 2.75) is 0 Å². The third-order valence-electron chi connectivity index (χ3n) is 5.01. The van der Waals surface area contributed by atoms with Crippen LogP contribution in [0.3, 0.4) is 0 Å². The second-order valence-electron chi connectivity index (χ2n) is 7.01. The van der Waals surface area contributed by atoms with Crippen molar-refractivity contribution in [3.63, 3.8) is 0 Å². The average Bonchev–Trinajstić information content (AvgIpc) is 3.23. The number of halogens is 1. The third-order valence-corrected chi connectivity index (χ3v) is 5.70. The number of rotatable bonds is 4. The minimum Gasteiger partial charge on any atom is -0.504 e.